The average Bonchev–Trinajstić information content (AvgIpc) is 2.03. The third-order valence-electron chi connectivity index (χ3n) is 1.29. The van der Waals surface area contributed by atoms with Crippen molar-refractivity contribution in [1.82, 2.24) is 4.98 Å². The average molecular weight is 162 g/mol. The molecular weight excluding hydrogens is 156 g/mol. The van der Waals surface area contributed by atoms with Crippen molar-refractivity contribution in [3.8, 4) is 12.3 Å². The molecular formula is C8H6N2O2. The molecule has 1 rings (SSSR count). The molecule has 0 fully saturated rings. The Morgan fingerprint density at radius 2 is 2.42 bits per heavy atom. The summed E-state index contributed by atoms with van der Waals surface area (Å²) < 4.78 is 0. The van der Waals surface area contributed by atoms with Crippen molar-refractivity contribution < 1.29 is 9.90 Å². The smallest absolute Gasteiger partial charge is 0.356 e. The highest BCUT2D eigenvalue weighted by molar-refractivity contribution is 5.91. The molecule has 3 N–H and O–H groups in total. The first kappa shape index (κ1) is 8.08. The number of hydrogen-bond acceptors (Lipinski definition) is 3. The molecule has 0 aliphatic rings. The van der Waals surface area contributed by atoms with Crippen LogP contribution < -0.4 is 5.73 Å². The quantitative estimate of drug-likeness (QED) is 0.584. The summed E-state index contributed by atoms with van der Waals surface area (Å²) in [6.45, 7) is 0. The number of nitrogen functional groups attached to an aromatic ring is 1. The number of anilines is 1. The number of hydrogen-bond donors (Lipinski definition) is 2. The minimum Gasteiger partial charge on any atom is -0.476 e. The Morgan fingerprint density at radius 3 is 2.83 bits per heavy atom. The second-order valence-electron chi connectivity index (χ2n) is 2.11. The zero-order valence-corrected chi connectivity index (χ0v) is 6.11. The van der Waals surface area contributed by atoms with Crippen molar-refractivity contribution in [2.45, 2.75) is 0 Å². The minimum atomic E-state index is -1.16. The van der Waals surface area contributed by atoms with E-state index in [1.807, 2.05) is 0 Å². The van der Waals surface area contributed by atoms with Crippen LogP contribution in [0.4, 0.5) is 5.69 Å². The number of terminal acetylenes is 1. The topological polar surface area (TPSA) is 76.2 Å². The summed E-state index contributed by atoms with van der Waals surface area (Å²) in [4.78, 5) is 14.0. The van der Waals surface area contributed by atoms with E-state index in [0.717, 1.165) is 0 Å². The van der Waals surface area contributed by atoms with Gasteiger partial charge in [0.05, 0.1) is 5.69 Å². The fraction of sp³-hybridized carbons (Fsp3) is 0. The molecule has 0 aliphatic heterocycles. The first-order valence-corrected chi connectivity index (χ1v) is 3.10. The summed E-state index contributed by atoms with van der Waals surface area (Å²) in [6.07, 6.45) is 6.34. The maximum atomic E-state index is 10.4. The molecule has 0 atom stereocenters. The lowest BCUT2D eigenvalue weighted by Gasteiger charge is -1.98. The van der Waals surface area contributed by atoms with E-state index in [0.29, 0.717) is 5.56 Å². The summed E-state index contributed by atoms with van der Waals surface area (Å²) in [6, 6.07) is 1.40. The summed E-state index contributed by atoms with van der Waals surface area (Å²) >= 11 is 0. The predicted molar refractivity (Wildman–Crippen MR) is 43.5 cm³/mol. The fourth-order valence-electron chi connectivity index (χ4n) is 0.739. The highest BCUT2D eigenvalue weighted by Crippen LogP contribution is 2.09. The maximum absolute atomic E-state index is 10.4. The van der Waals surface area contributed by atoms with Crippen molar-refractivity contribution in [2.24, 2.45) is 0 Å². The van der Waals surface area contributed by atoms with Gasteiger partial charge in [-0.05, 0) is 6.07 Å². The van der Waals surface area contributed by atoms with Gasteiger partial charge in [-0.3, -0.25) is 0 Å². The summed E-state index contributed by atoms with van der Waals surface area (Å²) in [5.41, 5.74) is 5.74. The van der Waals surface area contributed by atoms with Gasteiger partial charge in [-0.25, -0.2) is 9.78 Å². The van der Waals surface area contributed by atoms with E-state index in [4.69, 9.17) is 17.3 Å². The van der Waals surface area contributed by atoms with Crippen LogP contribution in [0.5, 0.6) is 0 Å². The van der Waals surface area contributed by atoms with Crippen molar-refractivity contribution in [3.05, 3.63) is 23.5 Å². The van der Waals surface area contributed by atoms with E-state index >= 15 is 0 Å². The predicted octanol–water partition coefficient (Wildman–Crippen LogP) is 0.343. The first-order valence-electron chi connectivity index (χ1n) is 3.10. The number of nitrogens with zero attached hydrogens (tertiary/aromatic N) is 1. The highest BCUT2D eigenvalue weighted by Gasteiger charge is 2.08. The van der Waals surface area contributed by atoms with Crippen LogP contribution in [0, 0.1) is 12.3 Å². The first-order chi connectivity index (χ1) is 5.65. The molecule has 0 amide bonds. The Hall–Kier alpha value is -2.02. The van der Waals surface area contributed by atoms with Gasteiger partial charge in [0.15, 0.2) is 5.69 Å². The van der Waals surface area contributed by atoms with Crippen molar-refractivity contribution >= 4 is 11.7 Å². The molecule has 4 heteroatoms. The normalized spacial score (nSPS) is 8.92. The lowest BCUT2D eigenvalue weighted by molar-refractivity contribution is 0.0692. The Morgan fingerprint density at radius 1 is 1.75 bits per heavy atom. The monoisotopic (exact) mass is 162 g/mol. The third-order valence-corrected chi connectivity index (χ3v) is 1.29. The number of carboxylic acids is 1. The van der Waals surface area contributed by atoms with E-state index in [1.165, 1.54) is 12.3 Å². The van der Waals surface area contributed by atoms with Crippen LogP contribution in [-0.2, 0) is 0 Å². The van der Waals surface area contributed by atoms with Crippen LogP contribution in [0.3, 0.4) is 0 Å². The molecule has 12 heavy (non-hydrogen) atoms. The molecule has 0 unspecified atom stereocenters. The largest absolute Gasteiger partial charge is 0.476 e. The summed E-state index contributed by atoms with van der Waals surface area (Å²) in [7, 11) is 0. The lowest BCUT2D eigenvalue weighted by Crippen LogP contribution is -2.05. The zero-order valence-electron chi connectivity index (χ0n) is 6.11. The van der Waals surface area contributed by atoms with E-state index in [2.05, 4.69) is 10.9 Å². The minimum absolute atomic E-state index is 0.0814. The summed E-state index contributed by atoms with van der Waals surface area (Å²) in [5, 5.41) is 8.54. The Bertz CT molecular complexity index is 366. The van der Waals surface area contributed by atoms with Crippen LogP contribution >= 0.6 is 0 Å². The molecule has 60 valence electrons. The van der Waals surface area contributed by atoms with Crippen molar-refractivity contribution in [2.75, 3.05) is 5.73 Å². The number of carbonyl (C=O) groups is 1. The third kappa shape index (κ3) is 1.35. The number of nitrogens with two attached hydrogens (primary N) is 1. The molecule has 0 bridgehead atoms. The van der Waals surface area contributed by atoms with Crippen LogP contribution in [0.15, 0.2) is 12.3 Å². The fourth-order valence-corrected chi connectivity index (χ4v) is 0.739. The number of carboxylic acid groups (broad SMARTS) is 1. The maximum Gasteiger partial charge on any atom is 0.356 e. The number of aromatic nitrogens is 1. The van der Waals surface area contributed by atoms with Crippen LogP contribution in [-0.4, -0.2) is 16.1 Å². The van der Waals surface area contributed by atoms with Gasteiger partial charge in [0.2, 0.25) is 0 Å². The van der Waals surface area contributed by atoms with Gasteiger partial charge in [0.25, 0.3) is 0 Å². The Kier molecular flexibility index (Phi) is 1.97. The molecule has 1 aromatic rings. The molecule has 0 aromatic carbocycles. The molecule has 0 radical (unpaired) electrons. The molecule has 0 saturated carbocycles. The molecule has 1 heterocycles. The summed E-state index contributed by atoms with van der Waals surface area (Å²) in [5.74, 6) is 1.14. The van der Waals surface area contributed by atoms with E-state index in [-0.39, 0.29) is 11.4 Å². The van der Waals surface area contributed by atoms with Gasteiger partial charge >= 0.3 is 5.97 Å². The van der Waals surface area contributed by atoms with Crippen molar-refractivity contribution in [3.63, 3.8) is 0 Å². The number of aromatic carboxylic acids is 1. The highest BCUT2D eigenvalue weighted by atomic mass is 16.4. The van der Waals surface area contributed by atoms with E-state index in [1.54, 1.807) is 0 Å². The van der Waals surface area contributed by atoms with Gasteiger partial charge < -0.3 is 10.8 Å². The van der Waals surface area contributed by atoms with Gasteiger partial charge in [-0.15, -0.1) is 6.42 Å². The molecule has 0 saturated heterocycles. The second-order valence-corrected chi connectivity index (χ2v) is 2.11. The standard InChI is InChI=1S/C8H6N2O2/c1-2-5-3-6(9)7(8(11)12)10-4-5/h1,3-4H,9H2,(H,11,12). The van der Waals surface area contributed by atoms with Crippen LogP contribution in [0.2, 0.25) is 0 Å². The SMILES string of the molecule is C#Cc1cnc(C(=O)O)c(N)c1. The molecule has 0 spiro atoms. The van der Waals surface area contributed by atoms with Gasteiger partial charge in [0, 0.05) is 11.8 Å². The van der Waals surface area contributed by atoms with Gasteiger partial charge in [-0.2, -0.15) is 0 Å². The van der Waals surface area contributed by atoms with Crippen LogP contribution in [0.1, 0.15) is 16.1 Å². The van der Waals surface area contributed by atoms with Crippen molar-refractivity contribution in [1.29, 1.82) is 0 Å². The Balaban J connectivity index is 3.23. The Labute approximate surface area is 69.0 Å². The number of rotatable bonds is 1. The lowest BCUT2D eigenvalue weighted by atomic mass is 10.2. The zero-order chi connectivity index (χ0) is 9.14. The van der Waals surface area contributed by atoms with Gasteiger partial charge in [0.1, 0.15) is 0 Å². The number of pyridine rings is 1. The molecule has 0 aliphatic carbocycles. The molecule has 4 nitrogen and oxygen atoms in total. The van der Waals surface area contributed by atoms with Gasteiger partial charge in [-0.1, -0.05) is 5.92 Å². The second kappa shape index (κ2) is 2.93. The van der Waals surface area contributed by atoms with E-state index < -0.39 is 5.97 Å². The van der Waals surface area contributed by atoms with E-state index in [9.17, 15) is 4.79 Å². The van der Waals surface area contributed by atoms with Crippen LogP contribution in [0.25, 0.3) is 0 Å². The molecule has 1 aromatic heterocycles.